The molecule has 2 aromatic heterocycles. The molecule has 0 spiro atoms. The summed E-state index contributed by atoms with van der Waals surface area (Å²) in [7, 11) is 3.19. The van der Waals surface area contributed by atoms with Gasteiger partial charge >= 0.3 is 0 Å². The minimum absolute atomic E-state index is 0.0926. The van der Waals surface area contributed by atoms with Crippen molar-refractivity contribution in [3.05, 3.63) is 50.6 Å². The summed E-state index contributed by atoms with van der Waals surface area (Å²) in [4.78, 5) is 20.2. The fourth-order valence-corrected chi connectivity index (χ4v) is 4.48. The second-order valence-corrected chi connectivity index (χ2v) is 8.29. The number of benzene rings is 1. The molecule has 3 rings (SSSR count). The maximum absolute atomic E-state index is 12.9. The fraction of sp³-hybridized carbons (Fsp3) is 0.263. The summed E-state index contributed by atoms with van der Waals surface area (Å²) in [5.41, 5.74) is 1.32. The Kier molecular flexibility index (Phi) is 6.36. The van der Waals surface area contributed by atoms with Crippen molar-refractivity contribution in [2.75, 3.05) is 20.8 Å². The van der Waals surface area contributed by atoms with E-state index >= 15 is 0 Å². The van der Waals surface area contributed by atoms with E-state index in [0.717, 1.165) is 19.8 Å². The van der Waals surface area contributed by atoms with E-state index in [1.54, 1.807) is 24.5 Å². The molecular formula is C19H19ClN2O3S2. The number of rotatable bonds is 7. The molecule has 0 atom stereocenters. The lowest BCUT2D eigenvalue weighted by atomic mass is 10.2. The third-order valence-electron chi connectivity index (χ3n) is 4.00. The Bertz CT molecular complexity index is 939. The van der Waals surface area contributed by atoms with Gasteiger partial charge in [0.15, 0.2) is 11.5 Å². The van der Waals surface area contributed by atoms with Gasteiger partial charge in [0, 0.05) is 22.4 Å². The highest BCUT2D eigenvalue weighted by Gasteiger charge is 2.19. The van der Waals surface area contributed by atoms with Gasteiger partial charge in [0.05, 0.1) is 25.1 Å². The molecule has 142 valence electrons. The number of hydrogen-bond acceptors (Lipinski definition) is 6. The molecule has 27 heavy (non-hydrogen) atoms. The smallest absolute Gasteiger partial charge is 0.273 e. The molecule has 0 saturated carbocycles. The largest absolute Gasteiger partial charge is 0.493 e. The number of methoxy groups -OCH3 is 2. The first kappa shape index (κ1) is 19.7. The topological polar surface area (TPSA) is 51.7 Å². The third-order valence-corrected chi connectivity index (χ3v) is 6.11. The minimum atomic E-state index is -0.0926. The molecule has 0 aliphatic heterocycles. The Morgan fingerprint density at radius 2 is 1.96 bits per heavy atom. The van der Waals surface area contributed by atoms with Crippen LogP contribution in [-0.4, -0.2) is 36.6 Å². The second kappa shape index (κ2) is 8.73. The van der Waals surface area contributed by atoms with Crippen LogP contribution < -0.4 is 9.47 Å². The van der Waals surface area contributed by atoms with Crippen LogP contribution in [0.5, 0.6) is 11.5 Å². The monoisotopic (exact) mass is 422 g/mol. The van der Waals surface area contributed by atoms with Crippen molar-refractivity contribution in [1.82, 2.24) is 9.88 Å². The van der Waals surface area contributed by atoms with E-state index < -0.39 is 0 Å². The average molecular weight is 423 g/mol. The maximum Gasteiger partial charge on any atom is 0.273 e. The zero-order valence-electron chi connectivity index (χ0n) is 15.2. The number of thiophene rings is 1. The molecule has 0 aliphatic carbocycles. The van der Waals surface area contributed by atoms with Crippen molar-refractivity contribution in [3.63, 3.8) is 0 Å². The van der Waals surface area contributed by atoms with Crippen molar-refractivity contribution in [3.8, 4) is 22.1 Å². The van der Waals surface area contributed by atoms with Crippen LogP contribution in [0.3, 0.4) is 0 Å². The second-order valence-electron chi connectivity index (χ2n) is 5.63. The van der Waals surface area contributed by atoms with Crippen LogP contribution in [0.4, 0.5) is 0 Å². The molecule has 0 aliphatic rings. The average Bonchev–Trinajstić information content (AvgIpc) is 3.34. The minimum Gasteiger partial charge on any atom is -0.493 e. The van der Waals surface area contributed by atoms with E-state index in [4.69, 9.17) is 21.1 Å². The zero-order chi connectivity index (χ0) is 19.4. The molecule has 0 N–H and O–H groups in total. The Morgan fingerprint density at radius 1 is 1.19 bits per heavy atom. The first-order chi connectivity index (χ1) is 13.0. The predicted octanol–water partition coefficient (Wildman–Crippen LogP) is 5.20. The van der Waals surface area contributed by atoms with Gasteiger partial charge in [-0.25, -0.2) is 4.98 Å². The van der Waals surface area contributed by atoms with E-state index in [2.05, 4.69) is 4.98 Å². The molecule has 0 saturated heterocycles. The highest BCUT2D eigenvalue weighted by atomic mass is 35.5. The summed E-state index contributed by atoms with van der Waals surface area (Å²) in [5.74, 6) is 1.19. The molecule has 5 nitrogen and oxygen atoms in total. The molecule has 2 heterocycles. The van der Waals surface area contributed by atoms with Crippen LogP contribution in [0.15, 0.2) is 35.7 Å². The van der Waals surface area contributed by atoms with Gasteiger partial charge in [-0.2, -0.15) is 0 Å². The number of thiazole rings is 1. The van der Waals surface area contributed by atoms with E-state index in [0.29, 0.717) is 30.3 Å². The molecule has 0 fully saturated rings. The lowest BCUT2D eigenvalue weighted by molar-refractivity contribution is 0.0749. The predicted molar refractivity (Wildman–Crippen MR) is 110 cm³/mol. The highest BCUT2D eigenvalue weighted by Crippen LogP contribution is 2.33. The van der Waals surface area contributed by atoms with Gasteiger partial charge in [-0.3, -0.25) is 4.79 Å². The van der Waals surface area contributed by atoms with Crippen molar-refractivity contribution in [2.45, 2.75) is 13.5 Å². The molecule has 1 amide bonds. The Hall–Kier alpha value is -2.09. The maximum atomic E-state index is 12.9. The van der Waals surface area contributed by atoms with Crippen LogP contribution in [0.25, 0.3) is 10.6 Å². The third kappa shape index (κ3) is 4.43. The number of carbonyl (C=O) groups is 1. The molecule has 0 unspecified atom stereocenters. The van der Waals surface area contributed by atoms with Crippen LogP contribution in [-0.2, 0) is 6.54 Å². The Labute approximate surface area is 171 Å². The summed E-state index contributed by atoms with van der Waals surface area (Å²) < 4.78 is 11.3. The Balaban J connectivity index is 1.80. The van der Waals surface area contributed by atoms with Crippen LogP contribution >= 0.6 is 34.3 Å². The molecule has 1 aromatic carbocycles. The summed E-state index contributed by atoms with van der Waals surface area (Å²) >= 11 is 8.90. The summed E-state index contributed by atoms with van der Waals surface area (Å²) in [6, 6.07) is 9.38. The SMILES string of the molecule is CCN(Cc1ccc(Cl)s1)C(=O)c1csc(-c2ccc(OC)c(OC)c2)n1. The zero-order valence-corrected chi connectivity index (χ0v) is 17.6. The van der Waals surface area contributed by atoms with Crippen LogP contribution in [0.1, 0.15) is 22.3 Å². The molecule has 0 radical (unpaired) electrons. The Morgan fingerprint density at radius 3 is 2.59 bits per heavy atom. The lowest BCUT2D eigenvalue weighted by Gasteiger charge is -2.18. The van der Waals surface area contributed by atoms with E-state index in [1.165, 1.54) is 22.7 Å². The number of carbonyl (C=O) groups excluding carboxylic acids is 1. The van der Waals surface area contributed by atoms with Crippen LogP contribution in [0.2, 0.25) is 4.34 Å². The van der Waals surface area contributed by atoms with Crippen LogP contribution in [0, 0.1) is 0 Å². The first-order valence-corrected chi connectivity index (χ1v) is 10.3. The fourth-order valence-electron chi connectivity index (χ4n) is 2.59. The van der Waals surface area contributed by atoms with Crippen molar-refractivity contribution in [2.24, 2.45) is 0 Å². The van der Waals surface area contributed by atoms with Gasteiger partial charge in [-0.1, -0.05) is 11.6 Å². The molecule has 0 bridgehead atoms. The van der Waals surface area contributed by atoms with Crippen molar-refractivity contribution < 1.29 is 14.3 Å². The van der Waals surface area contributed by atoms with E-state index in [-0.39, 0.29) is 5.91 Å². The van der Waals surface area contributed by atoms with Gasteiger partial charge in [0.25, 0.3) is 5.91 Å². The lowest BCUT2D eigenvalue weighted by Crippen LogP contribution is -2.30. The van der Waals surface area contributed by atoms with Gasteiger partial charge in [-0.15, -0.1) is 22.7 Å². The van der Waals surface area contributed by atoms with Gasteiger partial charge in [0.2, 0.25) is 0 Å². The summed E-state index contributed by atoms with van der Waals surface area (Å²) in [6.45, 7) is 3.07. The van der Waals surface area contributed by atoms with Crippen molar-refractivity contribution in [1.29, 1.82) is 0 Å². The quantitative estimate of drug-likeness (QED) is 0.524. The van der Waals surface area contributed by atoms with Gasteiger partial charge < -0.3 is 14.4 Å². The normalized spacial score (nSPS) is 10.7. The molecule has 8 heteroatoms. The number of nitrogens with zero attached hydrogens (tertiary/aromatic N) is 2. The number of aromatic nitrogens is 1. The van der Waals surface area contributed by atoms with Crippen molar-refractivity contribution >= 4 is 40.2 Å². The first-order valence-electron chi connectivity index (χ1n) is 8.27. The van der Waals surface area contributed by atoms with E-state index in [9.17, 15) is 4.79 Å². The van der Waals surface area contributed by atoms with Gasteiger partial charge in [0.1, 0.15) is 10.7 Å². The van der Waals surface area contributed by atoms with E-state index in [1.807, 2.05) is 37.3 Å². The molecular weight excluding hydrogens is 404 g/mol. The molecule has 3 aromatic rings. The number of amides is 1. The van der Waals surface area contributed by atoms with Gasteiger partial charge in [-0.05, 0) is 37.3 Å². The number of hydrogen-bond donors (Lipinski definition) is 0. The summed E-state index contributed by atoms with van der Waals surface area (Å²) in [6.07, 6.45) is 0. The summed E-state index contributed by atoms with van der Waals surface area (Å²) in [5, 5.41) is 2.55. The number of halogens is 1. The standard InChI is InChI=1S/C19H19ClN2O3S2/c1-4-22(10-13-6-8-17(20)27-13)19(23)14-11-26-18(21-14)12-5-7-15(24-2)16(9-12)25-3/h5-9,11H,4,10H2,1-3H3. The highest BCUT2D eigenvalue weighted by molar-refractivity contribution is 7.16. The number of ether oxygens (including phenoxy) is 2.